The van der Waals surface area contributed by atoms with Gasteiger partial charge in [-0.2, -0.15) is 5.26 Å². The van der Waals surface area contributed by atoms with Crippen molar-refractivity contribution in [2.45, 2.75) is 32.6 Å². The van der Waals surface area contributed by atoms with Crippen LogP contribution in [0.4, 0.5) is 0 Å². The first kappa shape index (κ1) is 12.7. The first-order chi connectivity index (χ1) is 7.61. The molecule has 86 valence electrons. The molecule has 0 fully saturated rings. The summed E-state index contributed by atoms with van der Waals surface area (Å²) in [6.45, 7) is 4.12. The van der Waals surface area contributed by atoms with Crippen LogP contribution in [0.5, 0.6) is 0 Å². The van der Waals surface area contributed by atoms with Crippen LogP contribution < -0.4 is 0 Å². The fraction of sp³-hybridized carbons (Fsp3) is 0.500. The van der Waals surface area contributed by atoms with Gasteiger partial charge in [0.25, 0.3) is 0 Å². The Morgan fingerprint density at radius 3 is 2.50 bits per heavy atom. The number of nitrogens with zero attached hydrogens (tertiary/aromatic N) is 1. The Kier molecular flexibility index (Phi) is 4.52. The van der Waals surface area contributed by atoms with Crippen molar-refractivity contribution in [3.05, 3.63) is 35.9 Å². The Hall–Kier alpha value is -1.33. The first-order valence-corrected chi connectivity index (χ1v) is 5.68. The van der Waals surface area contributed by atoms with Crippen LogP contribution in [-0.2, 0) is 0 Å². The number of nitriles is 1. The van der Waals surface area contributed by atoms with Crippen molar-refractivity contribution in [1.82, 2.24) is 0 Å². The summed E-state index contributed by atoms with van der Waals surface area (Å²) in [5, 5.41) is 18.1. The van der Waals surface area contributed by atoms with Crippen LogP contribution in [0.1, 0.15) is 38.2 Å². The summed E-state index contributed by atoms with van der Waals surface area (Å²) >= 11 is 0. The number of aliphatic hydroxyl groups is 1. The standard InChI is InChI=1S/C14H19NO/c1-12(13-6-4-3-5-7-13)10-14(2,11-15)8-9-16/h3-7,12,16H,8-10H2,1-2H3/t12-,14+/m1/s1. The second-order valence-corrected chi connectivity index (χ2v) is 4.66. The Labute approximate surface area is 97.5 Å². The van der Waals surface area contributed by atoms with Gasteiger partial charge in [-0.05, 0) is 31.2 Å². The molecule has 0 aliphatic carbocycles. The summed E-state index contributed by atoms with van der Waals surface area (Å²) in [5.74, 6) is 0.345. The third-order valence-electron chi connectivity index (χ3n) is 3.06. The molecule has 0 heterocycles. The quantitative estimate of drug-likeness (QED) is 0.823. The Morgan fingerprint density at radius 2 is 2.00 bits per heavy atom. The molecule has 0 spiro atoms. The number of aliphatic hydroxyl groups excluding tert-OH is 1. The number of hydrogen-bond donors (Lipinski definition) is 1. The molecule has 16 heavy (non-hydrogen) atoms. The minimum atomic E-state index is -0.427. The maximum absolute atomic E-state index is 9.15. The van der Waals surface area contributed by atoms with Crippen molar-refractivity contribution in [2.75, 3.05) is 6.61 Å². The lowest BCUT2D eigenvalue weighted by molar-refractivity contribution is 0.221. The van der Waals surface area contributed by atoms with Crippen LogP contribution in [-0.4, -0.2) is 11.7 Å². The molecule has 1 rings (SSSR count). The van der Waals surface area contributed by atoms with Crippen LogP contribution in [0.3, 0.4) is 0 Å². The van der Waals surface area contributed by atoms with Crippen LogP contribution in [0, 0.1) is 16.7 Å². The van der Waals surface area contributed by atoms with E-state index in [0.717, 1.165) is 6.42 Å². The fourth-order valence-electron chi connectivity index (χ4n) is 2.03. The van der Waals surface area contributed by atoms with E-state index in [1.54, 1.807) is 0 Å². The average molecular weight is 217 g/mol. The van der Waals surface area contributed by atoms with E-state index in [1.807, 2.05) is 25.1 Å². The summed E-state index contributed by atoms with van der Waals surface area (Å²) < 4.78 is 0. The Balaban J connectivity index is 2.70. The van der Waals surface area contributed by atoms with Gasteiger partial charge in [0.2, 0.25) is 0 Å². The highest BCUT2D eigenvalue weighted by Gasteiger charge is 2.26. The van der Waals surface area contributed by atoms with Crippen molar-refractivity contribution >= 4 is 0 Å². The maximum Gasteiger partial charge on any atom is 0.0687 e. The zero-order valence-corrected chi connectivity index (χ0v) is 9.98. The van der Waals surface area contributed by atoms with E-state index in [4.69, 9.17) is 10.4 Å². The maximum atomic E-state index is 9.15. The second kappa shape index (κ2) is 5.67. The molecule has 0 aromatic heterocycles. The molecule has 0 aliphatic heterocycles. The van der Waals surface area contributed by atoms with E-state index >= 15 is 0 Å². The highest BCUT2D eigenvalue weighted by atomic mass is 16.3. The summed E-state index contributed by atoms with van der Waals surface area (Å²) in [7, 11) is 0. The largest absolute Gasteiger partial charge is 0.396 e. The molecule has 0 amide bonds. The van der Waals surface area contributed by atoms with Gasteiger partial charge >= 0.3 is 0 Å². The molecular weight excluding hydrogens is 198 g/mol. The highest BCUT2D eigenvalue weighted by molar-refractivity contribution is 5.19. The van der Waals surface area contributed by atoms with E-state index < -0.39 is 5.41 Å². The highest BCUT2D eigenvalue weighted by Crippen LogP contribution is 2.33. The fourth-order valence-corrected chi connectivity index (χ4v) is 2.03. The van der Waals surface area contributed by atoms with Crippen molar-refractivity contribution in [1.29, 1.82) is 5.26 Å². The molecule has 1 aromatic rings. The topological polar surface area (TPSA) is 44.0 Å². The second-order valence-electron chi connectivity index (χ2n) is 4.66. The molecule has 0 unspecified atom stereocenters. The molecule has 2 heteroatoms. The Morgan fingerprint density at radius 1 is 1.38 bits per heavy atom. The van der Waals surface area contributed by atoms with Gasteiger partial charge < -0.3 is 5.11 Å². The van der Waals surface area contributed by atoms with E-state index in [0.29, 0.717) is 12.3 Å². The number of rotatable bonds is 5. The predicted octanol–water partition coefficient (Wildman–Crippen LogP) is 3.09. The molecular formula is C14H19NO. The lowest BCUT2D eigenvalue weighted by atomic mass is 9.78. The third kappa shape index (κ3) is 3.36. The van der Waals surface area contributed by atoms with Crippen LogP contribution in [0.25, 0.3) is 0 Å². The lowest BCUT2D eigenvalue weighted by Gasteiger charge is -2.24. The molecule has 0 saturated carbocycles. The summed E-state index contributed by atoms with van der Waals surface area (Å²) in [4.78, 5) is 0. The van der Waals surface area contributed by atoms with E-state index in [2.05, 4.69) is 25.1 Å². The van der Waals surface area contributed by atoms with Gasteiger partial charge in [-0.25, -0.2) is 0 Å². The van der Waals surface area contributed by atoms with Gasteiger partial charge in [0.15, 0.2) is 0 Å². The number of benzene rings is 1. The smallest absolute Gasteiger partial charge is 0.0687 e. The molecule has 2 atom stereocenters. The lowest BCUT2D eigenvalue weighted by Crippen LogP contribution is -2.18. The van der Waals surface area contributed by atoms with E-state index in [9.17, 15) is 0 Å². The minimum absolute atomic E-state index is 0.0750. The van der Waals surface area contributed by atoms with Crippen LogP contribution in [0.2, 0.25) is 0 Å². The first-order valence-electron chi connectivity index (χ1n) is 5.68. The van der Waals surface area contributed by atoms with Crippen molar-refractivity contribution < 1.29 is 5.11 Å². The van der Waals surface area contributed by atoms with Crippen molar-refractivity contribution in [3.8, 4) is 6.07 Å². The monoisotopic (exact) mass is 217 g/mol. The molecule has 0 saturated heterocycles. The van der Waals surface area contributed by atoms with Gasteiger partial charge in [-0.3, -0.25) is 0 Å². The summed E-state index contributed by atoms with van der Waals surface area (Å²) in [6.07, 6.45) is 1.33. The zero-order chi connectivity index (χ0) is 12.0. The molecule has 1 aromatic carbocycles. The van der Waals surface area contributed by atoms with Crippen LogP contribution >= 0.6 is 0 Å². The van der Waals surface area contributed by atoms with Gasteiger partial charge in [-0.15, -0.1) is 0 Å². The van der Waals surface area contributed by atoms with Crippen LogP contribution in [0.15, 0.2) is 30.3 Å². The SMILES string of the molecule is C[C@H](C[C@@](C)(C#N)CCO)c1ccccc1. The van der Waals surface area contributed by atoms with E-state index in [-0.39, 0.29) is 6.61 Å². The van der Waals surface area contributed by atoms with Crippen molar-refractivity contribution in [3.63, 3.8) is 0 Å². The molecule has 0 aliphatic rings. The summed E-state index contributed by atoms with van der Waals surface area (Å²) in [5.41, 5.74) is 0.825. The normalized spacial score (nSPS) is 16.1. The zero-order valence-electron chi connectivity index (χ0n) is 9.98. The van der Waals surface area contributed by atoms with Gasteiger partial charge in [0.05, 0.1) is 11.5 Å². The Bertz CT molecular complexity index is 355. The predicted molar refractivity (Wildman–Crippen MR) is 64.9 cm³/mol. The minimum Gasteiger partial charge on any atom is -0.396 e. The molecule has 1 N–H and O–H groups in total. The number of hydrogen-bond acceptors (Lipinski definition) is 2. The van der Waals surface area contributed by atoms with Gasteiger partial charge in [0.1, 0.15) is 0 Å². The third-order valence-corrected chi connectivity index (χ3v) is 3.06. The average Bonchev–Trinajstić information content (AvgIpc) is 2.30. The van der Waals surface area contributed by atoms with Gasteiger partial charge in [0, 0.05) is 6.61 Å². The van der Waals surface area contributed by atoms with Gasteiger partial charge in [-0.1, -0.05) is 37.3 Å². The molecule has 0 radical (unpaired) electrons. The molecule has 0 bridgehead atoms. The van der Waals surface area contributed by atoms with Crippen molar-refractivity contribution in [2.24, 2.45) is 5.41 Å². The van der Waals surface area contributed by atoms with E-state index in [1.165, 1.54) is 5.56 Å². The molecule has 2 nitrogen and oxygen atoms in total. The summed E-state index contributed by atoms with van der Waals surface area (Å²) in [6, 6.07) is 12.5.